The van der Waals surface area contributed by atoms with Crippen LogP contribution in [0.4, 0.5) is 11.8 Å². The van der Waals surface area contributed by atoms with Gasteiger partial charge in [-0.25, -0.2) is 13.4 Å². The van der Waals surface area contributed by atoms with Crippen molar-refractivity contribution >= 4 is 21.8 Å². The van der Waals surface area contributed by atoms with E-state index < -0.39 is 10.0 Å². The molecular weight excluding hydrogens is 242 g/mol. The lowest BCUT2D eigenvalue weighted by molar-refractivity contribution is 0.391. The van der Waals surface area contributed by atoms with Gasteiger partial charge in [0, 0.05) is 32.1 Å². The Balaban J connectivity index is 2.43. The van der Waals surface area contributed by atoms with Crippen molar-refractivity contribution in [2.45, 2.75) is 13.0 Å². The van der Waals surface area contributed by atoms with Gasteiger partial charge in [0.15, 0.2) is 0 Å². The van der Waals surface area contributed by atoms with Gasteiger partial charge in [-0.3, -0.25) is 0 Å². The van der Waals surface area contributed by atoms with Gasteiger partial charge in [0.25, 0.3) is 0 Å². The highest BCUT2D eigenvalue weighted by Gasteiger charge is 2.26. The molecule has 0 bridgehead atoms. The molecule has 1 aromatic rings. The van der Waals surface area contributed by atoms with Gasteiger partial charge >= 0.3 is 0 Å². The van der Waals surface area contributed by atoms with Crippen LogP contribution in [0.3, 0.4) is 0 Å². The molecule has 3 N–H and O–H groups in total. The molecule has 2 rings (SSSR count). The highest BCUT2D eigenvalue weighted by Crippen LogP contribution is 2.25. The number of nitrogen functional groups attached to an aromatic ring is 1. The standard InChI is InChI=1S/C9H15N5O2S/c1-11-8-6-5-14(17(2,15)16)4-3-7(6)12-9(10)13-8/h3-5H2,1-2H3,(H3,10,11,12,13). The normalized spacial score (nSPS) is 16.6. The van der Waals surface area contributed by atoms with Crippen LogP contribution < -0.4 is 11.1 Å². The van der Waals surface area contributed by atoms with Crippen molar-refractivity contribution in [3.05, 3.63) is 11.3 Å². The van der Waals surface area contributed by atoms with Crippen molar-refractivity contribution in [1.29, 1.82) is 0 Å². The summed E-state index contributed by atoms with van der Waals surface area (Å²) in [5, 5.41) is 2.92. The summed E-state index contributed by atoms with van der Waals surface area (Å²) in [6.07, 6.45) is 1.76. The molecule has 0 atom stereocenters. The first-order chi connectivity index (χ1) is 7.91. The van der Waals surface area contributed by atoms with Gasteiger partial charge in [0.1, 0.15) is 5.82 Å². The average molecular weight is 257 g/mol. The third kappa shape index (κ3) is 2.32. The quantitative estimate of drug-likeness (QED) is 0.735. The van der Waals surface area contributed by atoms with E-state index in [1.54, 1.807) is 7.05 Å². The Hall–Kier alpha value is -1.41. The number of nitrogens with one attached hydrogen (secondary N) is 1. The van der Waals surface area contributed by atoms with Crippen molar-refractivity contribution in [2.75, 3.05) is 30.9 Å². The summed E-state index contributed by atoms with van der Waals surface area (Å²) in [5.41, 5.74) is 7.21. The third-order valence-electron chi connectivity index (χ3n) is 2.75. The minimum absolute atomic E-state index is 0.209. The molecule has 0 spiro atoms. The first-order valence-electron chi connectivity index (χ1n) is 5.20. The topological polar surface area (TPSA) is 101 Å². The van der Waals surface area contributed by atoms with Crippen molar-refractivity contribution in [3.8, 4) is 0 Å². The van der Waals surface area contributed by atoms with Gasteiger partial charge < -0.3 is 11.1 Å². The van der Waals surface area contributed by atoms with E-state index >= 15 is 0 Å². The molecule has 2 heterocycles. The maximum Gasteiger partial charge on any atom is 0.222 e. The molecule has 0 amide bonds. The van der Waals surface area contributed by atoms with Gasteiger partial charge in [0.2, 0.25) is 16.0 Å². The molecule has 8 heteroatoms. The molecule has 1 aromatic heterocycles. The zero-order chi connectivity index (χ0) is 12.6. The van der Waals surface area contributed by atoms with Crippen molar-refractivity contribution in [1.82, 2.24) is 14.3 Å². The Kier molecular flexibility index (Phi) is 2.92. The van der Waals surface area contributed by atoms with Crippen LogP contribution in [0, 0.1) is 0 Å². The third-order valence-corrected chi connectivity index (χ3v) is 4.00. The Bertz CT molecular complexity index is 525. The van der Waals surface area contributed by atoms with Crippen molar-refractivity contribution < 1.29 is 8.42 Å². The smallest absolute Gasteiger partial charge is 0.222 e. The maximum absolute atomic E-state index is 11.5. The van der Waals surface area contributed by atoms with Crippen molar-refractivity contribution in [2.24, 2.45) is 0 Å². The van der Waals surface area contributed by atoms with E-state index in [9.17, 15) is 8.42 Å². The van der Waals surface area contributed by atoms with E-state index in [0.717, 1.165) is 11.3 Å². The number of hydrogen-bond acceptors (Lipinski definition) is 6. The summed E-state index contributed by atoms with van der Waals surface area (Å²) in [6, 6.07) is 0. The average Bonchev–Trinajstić information content (AvgIpc) is 2.25. The second-order valence-corrected chi connectivity index (χ2v) is 5.93. The maximum atomic E-state index is 11.5. The van der Waals surface area contributed by atoms with Crippen LogP contribution in [0.2, 0.25) is 0 Å². The lowest BCUT2D eigenvalue weighted by Crippen LogP contribution is -2.36. The molecule has 0 saturated heterocycles. The molecule has 1 aliphatic rings. The first-order valence-corrected chi connectivity index (χ1v) is 7.05. The predicted octanol–water partition coefficient (Wildman–Crippen LogP) is -0.582. The fourth-order valence-electron chi connectivity index (χ4n) is 1.90. The van der Waals surface area contributed by atoms with Gasteiger partial charge in [-0.2, -0.15) is 9.29 Å². The Morgan fingerprint density at radius 2 is 2.12 bits per heavy atom. The highest BCUT2D eigenvalue weighted by molar-refractivity contribution is 7.88. The zero-order valence-electron chi connectivity index (χ0n) is 9.77. The van der Waals surface area contributed by atoms with Crippen LogP contribution in [0.25, 0.3) is 0 Å². The summed E-state index contributed by atoms with van der Waals surface area (Å²) in [5.74, 6) is 0.807. The number of aromatic nitrogens is 2. The number of sulfonamides is 1. The van der Waals surface area contributed by atoms with Crippen LogP contribution in [0.1, 0.15) is 11.3 Å². The molecule has 0 unspecified atom stereocenters. The molecule has 0 radical (unpaired) electrons. The van der Waals surface area contributed by atoms with Crippen LogP contribution in [0.15, 0.2) is 0 Å². The number of anilines is 2. The lowest BCUT2D eigenvalue weighted by Gasteiger charge is -2.27. The van der Waals surface area contributed by atoms with Crippen LogP contribution in [-0.4, -0.2) is 42.5 Å². The Morgan fingerprint density at radius 1 is 1.41 bits per heavy atom. The Morgan fingerprint density at radius 3 is 2.71 bits per heavy atom. The fraction of sp³-hybridized carbons (Fsp3) is 0.556. The van der Waals surface area contributed by atoms with Crippen LogP contribution in [-0.2, 0) is 23.0 Å². The number of fused-ring (bicyclic) bond motifs is 1. The fourth-order valence-corrected chi connectivity index (χ4v) is 2.68. The number of hydrogen-bond donors (Lipinski definition) is 2. The zero-order valence-corrected chi connectivity index (χ0v) is 10.6. The van der Waals surface area contributed by atoms with Gasteiger partial charge in [-0.15, -0.1) is 0 Å². The molecule has 0 saturated carbocycles. The molecule has 0 aromatic carbocycles. The number of nitrogens with two attached hydrogens (primary N) is 1. The molecule has 0 fully saturated rings. The van der Waals surface area contributed by atoms with Crippen LogP contribution in [0.5, 0.6) is 0 Å². The molecule has 17 heavy (non-hydrogen) atoms. The van der Waals surface area contributed by atoms with E-state index in [4.69, 9.17) is 5.73 Å². The minimum Gasteiger partial charge on any atom is -0.373 e. The van der Waals surface area contributed by atoms with Gasteiger partial charge in [0.05, 0.1) is 11.9 Å². The largest absolute Gasteiger partial charge is 0.373 e. The number of nitrogens with zero attached hydrogens (tertiary/aromatic N) is 3. The van der Waals surface area contributed by atoms with Crippen molar-refractivity contribution in [3.63, 3.8) is 0 Å². The van der Waals surface area contributed by atoms with E-state index in [1.807, 2.05) is 0 Å². The second kappa shape index (κ2) is 4.11. The highest BCUT2D eigenvalue weighted by atomic mass is 32.2. The molecule has 1 aliphatic heterocycles. The first kappa shape index (κ1) is 12.1. The molecule has 94 valence electrons. The molecule has 7 nitrogen and oxygen atoms in total. The van der Waals surface area contributed by atoms with E-state index in [0.29, 0.717) is 25.3 Å². The summed E-state index contributed by atoms with van der Waals surface area (Å²) >= 11 is 0. The van der Waals surface area contributed by atoms with Gasteiger partial charge in [-0.1, -0.05) is 0 Å². The SMILES string of the molecule is CNc1nc(N)nc2c1CN(S(C)(=O)=O)CC2. The number of rotatable bonds is 2. The lowest BCUT2D eigenvalue weighted by atomic mass is 10.1. The van der Waals surface area contributed by atoms with Gasteiger partial charge in [-0.05, 0) is 0 Å². The van der Waals surface area contributed by atoms with Crippen LogP contribution >= 0.6 is 0 Å². The summed E-state index contributed by atoms with van der Waals surface area (Å²) in [6.45, 7) is 0.732. The summed E-state index contributed by atoms with van der Waals surface area (Å²) in [7, 11) is -1.46. The molecule has 0 aliphatic carbocycles. The Labute approximate surface area is 100 Å². The molecular formula is C9H15N5O2S. The van der Waals surface area contributed by atoms with E-state index in [2.05, 4.69) is 15.3 Å². The summed E-state index contributed by atoms with van der Waals surface area (Å²) in [4.78, 5) is 8.20. The van der Waals surface area contributed by atoms with E-state index in [1.165, 1.54) is 10.6 Å². The minimum atomic E-state index is -3.18. The monoisotopic (exact) mass is 257 g/mol. The second-order valence-electron chi connectivity index (χ2n) is 3.95. The summed E-state index contributed by atoms with van der Waals surface area (Å²) < 4.78 is 24.4. The van der Waals surface area contributed by atoms with E-state index in [-0.39, 0.29) is 5.95 Å². The predicted molar refractivity (Wildman–Crippen MR) is 64.9 cm³/mol.